The van der Waals surface area contributed by atoms with Gasteiger partial charge in [-0.3, -0.25) is 19.6 Å². The third-order valence-corrected chi connectivity index (χ3v) is 6.74. The van der Waals surface area contributed by atoms with Gasteiger partial charge >= 0.3 is 0 Å². The second-order valence-electron chi connectivity index (χ2n) is 9.57. The lowest BCUT2D eigenvalue weighted by Gasteiger charge is -2.44. The van der Waals surface area contributed by atoms with Crippen molar-refractivity contribution >= 4 is 5.91 Å². The summed E-state index contributed by atoms with van der Waals surface area (Å²) < 4.78 is 5.79. The van der Waals surface area contributed by atoms with Crippen molar-refractivity contribution < 1.29 is 9.53 Å². The Balaban J connectivity index is 1.27. The predicted molar refractivity (Wildman–Crippen MR) is 113 cm³/mol. The van der Waals surface area contributed by atoms with Crippen molar-refractivity contribution in [3.63, 3.8) is 0 Å². The summed E-state index contributed by atoms with van der Waals surface area (Å²) in [6.45, 7) is 11.6. The fourth-order valence-corrected chi connectivity index (χ4v) is 5.19. The highest BCUT2D eigenvalue weighted by Gasteiger charge is 2.36. The van der Waals surface area contributed by atoms with E-state index in [1.54, 1.807) is 0 Å². The zero-order valence-corrected chi connectivity index (χ0v) is 18.1. The second-order valence-corrected chi connectivity index (χ2v) is 9.57. The minimum atomic E-state index is -0.219. The highest BCUT2D eigenvalue weighted by atomic mass is 16.5. The summed E-state index contributed by atoms with van der Waals surface area (Å²) in [4.78, 5) is 24.6. The molecule has 29 heavy (non-hydrogen) atoms. The first-order chi connectivity index (χ1) is 14.0. The molecule has 3 fully saturated rings. The minimum absolute atomic E-state index is 0.158. The number of likely N-dealkylation sites (tertiary alicyclic amines) is 2. The lowest BCUT2D eigenvalue weighted by atomic mass is 9.92. The van der Waals surface area contributed by atoms with Crippen molar-refractivity contribution in [2.45, 2.75) is 57.7 Å². The topological polar surface area (TPSA) is 48.9 Å². The fourth-order valence-electron chi connectivity index (χ4n) is 5.19. The normalized spacial score (nSPS) is 27.1. The molecule has 0 N–H and O–H groups in total. The number of amides is 1. The average Bonchev–Trinajstić information content (AvgIpc) is 2.74. The number of piperidine rings is 2. The van der Waals surface area contributed by atoms with Crippen LogP contribution < -0.4 is 0 Å². The molecule has 1 aromatic rings. The first-order valence-electron chi connectivity index (χ1n) is 11.3. The van der Waals surface area contributed by atoms with E-state index in [0.717, 1.165) is 58.7 Å². The van der Waals surface area contributed by atoms with E-state index in [4.69, 9.17) is 4.74 Å². The van der Waals surface area contributed by atoms with Gasteiger partial charge in [-0.1, -0.05) is 6.07 Å². The van der Waals surface area contributed by atoms with Gasteiger partial charge in [0.25, 0.3) is 0 Å². The van der Waals surface area contributed by atoms with Crippen molar-refractivity contribution in [1.29, 1.82) is 0 Å². The fraction of sp³-hybridized carbons (Fsp3) is 0.739. The molecule has 4 heterocycles. The predicted octanol–water partition coefficient (Wildman–Crippen LogP) is 2.40. The highest BCUT2D eigenvalue weighted by molar-refractivity contribution is 5.79. The van der Waals surface area contributed by atoms with E-state index in [0.29, 0.717) is 18.6 Å². The SMILES string of the molecule is CC1(C)CN(C(=O)[C@H]2CCCN(C3CCN(Cc4cccnc4)CC3)C2)CCO1. The van der Waals surface area contributed by atoms with Gasteiger partial charge in [0.15, 0.2) is 0 Å². The van der Waals surface area contributed by atoms with Crippen LogP contribution in [0.1, 0.15) is 45.1 Å². The minimum Gasteiger partial charge on any atom is -0.372 e. The van der Waals surface area contributed by atoms with E-state index < -0.39 is 0 Å². The Morgan fingerprint density at radius 2 is 2.03 bits per heavy atom. The van der Waals surface area contributed by atoms with Crippen LogP contribution in [0.3, 0.4) is 0 Å². The van der Waals surface area contributed by atoms with Crippen molar-refractivity contribution in [3.05, 3.63) is 30.1 Å². The second kappa shape index (κ2) is 9.11. The van der Waals surface area contributed by atoms with Gasteiger partial charge in [0.05, 0.1) is 18.1 Å². The van der Waals surface area contributed by atoms with Crippen molar-refractivity contribution in [1.82, 2.24) is 19.7 Å². The van der Waals surface area contributed by atoms with Crippen LogP contribution in [-0.4, -0.2) is 83.1 Å². The molecule has 0 saturated carbocycles. The maximum Gasteiger partial charge on any atom is 0.227 e. The van der Waals surface area contributed by atoms with E-state index >= 15 is 0 Å². The summed E-state index contributed by atoms with van der Waals surface area (Å²) in [5.41, 5.74) is 1.08. The molecule has 6 heteroatoms. The van der Waals surface area contributed by atoms with Crippen LogP contribution in [0, 0.1) is 5.92 Å². The Labute approximate surface area is 175 Å². The molecular weight excluding hydrogens is 364 g/mol. The maximum absolute atomic E-state index is 13.2. The van der Waals surface area contributed by atoms with Gasteiger partial charge in [-0.2, -0.15) is 0 Å². The Hall–Kier alpha value is -1.50. The largest absolute Gasteiger partial charge is 0.372 e. The average molecular weight is 401 g/mol. The molecule has 1 amide bonds. The standard InChI is InChI=1S/C23H36N4O2/c1-23(2)18-27(13-14-29-23)22(28)20-6-4-10-26(17-20)21-7-11-25(12-8-21)16-19-5-3-9-24-15-19/h3,5,9,15,20-21H,4,6-8,10-14,16-18H2,1-2H3/t20-/m0/s1. The van der Waals surface area contributed by atoms with E-state index in [2.05, 4.69) is 34.7 Å². The zero-order valence-electron chi connectivity index (χ0n) is 18.1. The molecule has 3 saturated heterocycles. The van der Waals surface area contributed by atoms with Gasteiger partial charge in [-0.25, -0.2) is 0 Å². The van der Waals surface area contributed by atoms with Gasteiger partial charge in [0.1, 0.15) is 0 Å². The number of carbonyl (C=O) groups is 1. The number of nitrogens with zero attached hydrogens (tertiary/aromatic N) is 4. The third kappa shape index (κ3) is 5.36. The Morgan fingerprint density at radius 3 is 2.76 bits per heavy atom. The summed E-state index contributed by atoms with van der Waals surface area (Å²) in [7, 11) is 0. The first-order valence-corrected chi connectivity index (χ1v) is 11.3. The molecule has 0 aromatic carbocycles. The van der Waals surface area contributed by atoms with E-state index in [-0.39, 0.29) is 11.5 Å². The van der Waals surface area contributed by atoms with Gasteiger partial charge in [0, 0.05) is 44.6 Å². The van der Waals surface area contributed by atoms with E-state index in [9.17, 15) is 4.79 Å². The van der Waals surface area contributed by atoms with E-state index in [1.807, 2.05) is 23.4 Å². The zero-order chi connectivity index (χ0) is 20.3. The Morgan fingerprint density at radius 1 is 1.21 bits per heavy atom. The van der Waals surface area contributed by atoms with Gasteiger partial charge in [-0.15, -0.1) is 0 Å². The number of rotatable bonds is 4. The van der Waals surface area contributed by atoms with Crippen LogP contribution >= 0.6 is 0 Å². The summed E-state index contributed by atoms with van der Waals surface area (Å²) >= 11 is 0. The number of aromatic nitrogens is 1. The van der Waals surface area contributed by atoms with Crippen LogP contribution in [-0.2, 0) is 16.1 Å². The first kappa shape index (κ1) is 20.8. The van der Waals surface area contributed by atoms with E-state index in [1.165, 1.54) is 18.4 Å². The molecule has 0 radical (unpaired) electrons. The molecule has 0 aliphatic carbocycles. The molecule has 1 atom stereocenters. The van der Waals surface area contributed by atoms with Gasteiger partial charge < -0.3 is 9.64 Å². The Bertz CT molecular complexity index is 673. The molecule has 6 nitrogen and oxygen atoms in total. The molecular formula is C23H36N4O2. The van der Waals surface area contributed by atoms with Crippen LogP contribution in [0.15, 0.2) is 24.5 Å². The molecule has 0 bridgehead atoms. The lowest BCUT2D eigenvalue weighted by Crippen LogP contribution is -2.55. The summed E-state index contributed by atoms with van der Waals surface area (Å²) in [5.74, 6) is 0.506. The van der Waals surface area contributed by atoms with Crippen LogP contribution in [0.2, 0.25) is 0 Å². The van der Waals surface area contributed by atoms with Gasteiger partial charge in [0.2, 0.25) is 5.91 Å². The number of morpholine rings is 1. The van der Waals surface area contributed by atoms with Crippen LogP contribution in [0.5, 0.6) is 0 Å². The number of hydrogen-bond donors (Lipinski definition) is 0. The molecule has 0 unspecified atom stereocenters. The van der Waals surface area contributed by atoms with Crippen molar-refractivity contribution in [2.75, 3.05) is 45.9 Å². The van der Waals surface area contributed by atoms with Crippen LogP contribution in [0.4, 0.5) is 0 Å². The molecule has 4 rings (SSSR count). The molecule has 3 aliphatic rings. The van der Waals surface area contributed by atoms with Crippen molar-refractivity contribution in [2.24, 2.45) is 5.92 Å². The molecule has 1 aromatic heterocycles. The molecule has 0 spiro atoms. The third-order valence-electron chi connectivity index (χ3n) is 6.74. The summed E-state index contributed by atoms with van der Waals surface area (Å²) in [6.07, 6.45) is 8.38. The number of carbonyl (C=O) groups excluding carboxylic acids is 1. The number of ether oxygens (including phenoxy) is 1. The Kier molecular flexibility index (Phi) is 6.52. The quantitative estimate of drug-likeness (QED) is 0.777. The molecule has 160 valence electrons. The number of hydrogen-bond acceptors (Lipinski definition) is 5. The van der Waals surface area contributed by atoms with Crippen LogP contribution in [0.25, 0.3) is 0 Å². The smallest absolute Gasteiger partial charge is 0.227 e. The van der Waals surface area contributed by atoms with Gasteiger partial charge in [-0.05, 0) is 70.8 Å². The summed E-state index contributed by atoms with van der Waals surface area (Å²) in [5, 5.41) is 0. The lowest BCUT2D eigenvalue weighted by molar-refractivity contribution is -0.152. The molecule has 3 aliphatic heterocycles. The number of pyridine rings is 1. The highest BCUT2D eigenvalue weighted by Crippen LogP contribution is 2.27. The monoisotopic (exact) mass is 400 g/mol. The van der Waals surface area contributed by atoms with Crippen molar-refractivity contribution in [3.8, 4) is 0 Å². The maximum atomic E-state index is 13.2. The summed E-state index contributed by atoms with van der Waals surface area (Å²) in [6, 6.07) is 4.80.